The molecule has 0 aliphatic heterocycles. The van der Waals surface area contributed by atoms with Crippen molar-refractivity contribution in [1.82, 2.24) is 10.2 Å². The molecule has 0 saturated heterocycles. The minimum Gasteiger partial charge on any atom is -0.394 e. The van der Waals surface area contributed by atoms with Crippen molar-refractivity contribution >= 4 is 24.1 Å². The van der Waals surface area contributed by atoms with Gasteiger partial charge in [0.25, 0.3) is 5.91 Å². The van der Waals surface area contributed by atoms with Gasteiger partial charge in [0.05, 0.1) is 12.1 Å². The summed E-state index contributed by atoms with van der Waals surface area (Å²) in [5.74, 6) is -0.729. The van der Waals surface area contributed by atoms with Crippen molar-refractivity contribution in [3.8, 4) is 6.07 Å². The normalized spacial score (nSPS) is 9.78. The van der Waals surface area contributed by atoms with Crippen molar-refractivity contribution < 1.29 is 13.1 Å². The van der Waals surface area contributed by atoms with Gasteiger partial charge in [-0.15, -0.1) is 0 Å². The average molecular weight is 264 g/mol. The fourth-order valence-corrected chi connectivity index (χ4v) is 1.38. The molecule has 1 aromatic carbocycles. The molecule has 1 aromatic heterocycles. The predicted molar refractivity (Wildman–Crippen MR) is 60.4 cm³/mol. The summed E-state index contributed by atoms with van der Waals surface area (Å²) < 4.78 is 17.0. The third-order valence-corrected chi connectivity index (χ3v) is 2.40. The van der Waals surface area contributed by atoms with Gasteiger partial charge in [0.2, 0.25) is 0 Å². The second kappa shape index (κ2) is 5.29. The molecule has 0 radical (unpaired) electrons. The third-order valence-electron chi connectivity index (χ3n) is 1.95. The van der Waals surface area contributed by atoms with Gasteiger partial charge >= 0.3 is 11.9 Å². The average Bonchev–Trinajstić information content (AvgIpc) is 2.86. The Bertz CT molecular complexity index is 605. The number of carbonyl (C=O) groups excluding carboxylic acids is 1. The zero-order valence-corrected chi connectivity index (χ0v) is 9.57. The highest BCUT2D eigenvalue weighted by atomic mass is 32.2. The first-order valence-electron chi connectivity index (χ1n) is 4.66. The number of aromatic nitrogens is 2. The van der Waals surface area contributed by atoms with Crippen LogP contribution in [-0.4, -0.2) is 16.1 Å². The summed E-state index contributed by atoms with van der Waals surface area (Å²) in [6.45, 7) is 0. The van der Waals surface area contributed by atoms with Gasteiger partial charge in [-0.05, 0) is 24.3 Å². The molecule has 1 amide bonds. The SMILES string of the molecule is N#Cc1nnc(NC(=O)c2ccc(SF)cc2)o1. The van der Waals surface area contributed by atoms with E-state index in [0.29, 0.717) is 10.5 Å². The third kappa shape index (κ3) is 2.64. The first-order valence-corrected chi connectivity index (χ1v) is 5.38. The van der Waals surface area contributed by atoms with Crippen molar-refractivity contribution in [2.24, 2.45) is 0 Å². The summed E-state index contributed by atoms with van der Waals surface area (Å²) in [5.41, 5.74) is 0.310. The number of hydrogen-bond donors (Lipinski definition) is 1. The first kappa shape index (κ1) is 12.1. The molecule has 2 aromatic rings. The topological polar surface area (TPSA) is 91.8 Å². The second-order valence-electron chi connectivity index (χ2n) is 3.08. The Labute approximate surface area is 105 Å². The highest BCUT2D eigenvalue weighted by molar-refractivity contribution is 7.94. The lowest BCUT2D eigenvalue weighted by Gasteiger charge is -2.00. The summed E-state index contributed by atoms with van der Waals surface area (Å²) in [5, 5.41) is 17.6. The highest BCUT2D eigenvalue weighted by Gasteiger charge is 2.11. The van der Waals surface area contributed by atoms with Crippen LogP contribution in [0.4, 0.5) is 9.90 Å². The zero-order valence-electron chi connectivity index (χ0n) is 8.75. The van der Waals surface area contributed by atoms with E-state index in [1.165, 1.54) is 24.3 Å². The number of nitrogens with zero attached hydrogens (tertiary/aromatic N) is 3. The zero-order chi connectivity index (χ0) is 13.0. The summed E-state index contributed by atoms with van der Waals surface area (Å²) in [6.07, 6.45) is 0. The molecule has 90 valence electrons. The smallest absolute Gasteiger partial charge is 0.323 e. The van der Waals surface area contributed by atoms with Gasteiger partial charge in [0, 0.05) is 10.5 Å². The van der Waals surface area contributed by atoms with Crippen LogP contribution in [0.2, 0.25) is 0 Å². The number of nitrogens with one attached hydrogen (secondary N) is 1. The first-order chi connectivity index (χ1) is 8.72. The van der Waals surface area contributed by atoms with Crippen LogP contribution in [0.25, 0.3) is 0 Å². The molecule has 0 aliphatic carbocycles. The quantitative estimate of drug-likeness (QED) is 0.913. The Morgan fingerprint density at radius 1 is 1.39 bits per heavy atom. The summed E-state index contributed by atoms with van der Waals surface area (Å²) in [4.78, 5) is 12.1. The number of hydrogen-bond acceptors (Lipinski definition) is 6. The molecule has 0 aliphatic rings. The van der Waals surface area contributed by atoms with Gasteiger partial charge < -0.3 is 4.42 Å². The molecule has 18 heavy (non-hydrogen) atoms. The maximum Gasteiger partial charge on any atom is 0.323 e. The van der Waals surface area contributed by atoms with E-state index in [9.17, 15) is 8.68 Å². The minimum atomic E-state index is -0.487. The molecular formula is C10H5FN4O2S. The van der Waals surface area contributed by atoms with Crippen LogP contribution in [0.1, 0.15) is 16.2 Å². The Balaban J connectivity index is 2.09. The van der Waals surface area contributed by atoms with E-state index >= 15 is 0 Å². The molecular weight excluding hydrogens is 259 g/mol. The van der Waals surface area contributed by atoms with Gasteiger partial charge in [0.1, 0.15) is 0 Å². The van der Waals surface area contributed by atoms with E-state index in [1.54, 1.807) is 6.07 Å². The second-order valence-corrected chi connectivity index (χ2v) is 3.71. The molecule has 0 bridgehead atoms. The Morgan fingerprint density at radius 2 is 2.11 bits per heavy atom. The van der Waals surface area contributed by atoms with E-state index < -0.39 is 5.91 Å². The lowest BCUT2D eigenvalue weighted by Crippen LogP contribution is -2.11. The van der Waals surface area contributed by atoms with Gasteiger partial charge in [-0.1, -0.05) is 10.2 Å². The van der Waals surface area contributed by atoms with Crippen molar-refractivity contribution in [3.05, 3.63) is 35.7 Å². The van der Waals surface area contributed by atoms with Crippen LogP contribution in [0.5, 0.6) is 0 Å². The van der Waals surface area contributed by atoms with E-state index in [4.69, 9.17) is 9.68 Å². The standard InChI is InChI=1S/C10H5FN4O2S/c11-18-7-3-1-6(2-4-7)9(16)13-10-15-14-8(5-12)17-10/h1-4H,(H,13,15,16). The van der Waals surface area contributed by atoms with Crippen molar-refractivity contribution in [2.75, 3.05) is 5.32 Å². The lowest BCUT2D eigenvalue weighted by molar-refractivity contribution is 0.102. The Kier molecular flexibility index (Phi) is 3.54. The van der Waals surface area contributed by atoms with Gasteiger partial charge in [-0.2, -0.15) is 9.15 Å². The fraction of sp³-hybridized carbons (Fsp3) is 0. The summed E-state index contributed by atoms with van der Waals surface area (Å²) in [7, 11) is 0. The largest absolute Gasteiger partial charge is 0.394 e. The summed E-state index contributed by atoms with van der Waals surface area (Å²) in [6, 6.07) is 7.32. The van der Waals surface area contributed by atoms with Crippen molar-refractivity contribution in [3.63, 3.8) is 0 Å². The molecule has 0 fully saturated rings. The van der Waals surface area contributed by atoms with Crippen LogP contribution in [-0.2, 0) is 0 Å². The van der Waals surface area contributed by atoms with Gasteiger partial charge in [0.15, 0.2) is 6.07 Å². The van der Waals surface area contributed by atoms with Crippen LogP contribution in [0.15, 0.2) is 33.6 Å². The maximum absolute atomic E-state index is 12.2. The molecule has 2 rings (SSSR count). The maximum atomic E-state index is 12.2. The summed E-state index contributed by atoms with van der Waals surface area (Å²) >= 11 is 0.0909. The predicted octanol–water partition coefficient (Wildman–Crippen LogP) is 2.17. The molecule has 6 nitrogen and oxygen atoms in total. The van der Waals surface area contributed by atoms with Crippen molar-refractivity contribution in [1.29, 1.82) is 5.26 Å². The van der Waals surface area contributed by atoms with E-state index in [1.807, 2.05) is 0 Å². The Hall–Kier alpha value is -2.40. The monoisotopic (exact) mass is 264 g/mol. The van der Waals surface area contributed by atoms with E-state index in [-0.39, 0.29) is 24.1 Å². The molecule has 1 N–H and O–H groups in total. The number of anilines is 1. The fourth-order valence-electron chi connectivity index (χ4n) is 1.15. The number of halogens is 1. The number of nitriles is 1. The molecule has 0 saturated carbocycles. The Morgan fingerprint density at radius 3 is 2.67 bits per heavy atom. The van der Waals surface area contributed by atoms with Crippen molar-refractivity contribution in [2.45, 2.75) is 4.90 Å². The molecule has 0 unspecified atom stereocenters. The molecule has 0 atom stereocenters. The van der Waals surface area contributed by atoms with E-state index in [0.717, 1.165) is 0 Å². The molecule has 8 heteroatoms. The van der Waals surface area contributed by atoms with Crippen LogP contribution >= 0.6 is 12.1 Å². The van der Waals surface area contributed by atoms with Crippen LogP contribution in [0, 0.1) is 11.3 Å². The highest BCUT2D eigenvalue weighted by Crippen LogP contribution is 2.19. The van der Waals surface area contributed by atoms with Gasteiger partial charge in [-0.3, -0.25) is 10.1 Å². The number of amides is 1. The number of rotatable bonds is 3. The minimum absolute atomic E-state index is 0.0909. The van der Waals surface area contributed by atoms with Crippen LogP contribution < -0.4 is 5.32 Å². The van der Waals surface area contributed by atoms with Crippen LogP contribution in [0.3, 0.4) is 0 Å². The molecule has 1 heterocycles. The number of carbonyl (C=O) groups is 1. The molecule has 0 spiro atoms. The number of benzene rings is 1. The van der Waals surface area contributed by atoms with Gasteiger partial charge in [-0.25, -0.2) is 0 Å². The lowest BCUT2D eigenvalue weighted by atomic mass is 10.2. The van der Waals surface area contributed by atoms with E-state index in [2.05, 4.69) is 15.5 Å².